The third-order valence-corrected chi connectivity index (χ3v) is 4.26. The van der Waals surface area contributed by atoms with Crippen LogP contribution in [0.1, 0.15) is 32.8 Å². The number of likely N-dealkylation sites (N-methyl/N-ethyl adjacent to an activating group) is 1. The van der Waals surface area contributed by atoms with Crippen LogP contribution in [0.15, 0.2) is 24.3 Å². The highest BCUT2D eigenvalue weighted by atomic mass is 16.5. The van der Waals surface area contributed by atoms with Crippen LogP contribution < -0.4 is 10.5 Å². The van der Waals surface area contributed by atoms with Crippen LogP contribution >= 0.6 is 0 Å². The van der Waals surface area contributed by atoms with Gasteiger partial charge in [0.05, 0.1) is 13.2 Å². The van der Waals surface area contributed by atoms with Crippen LogP contribution in [0.3, 0.4) is 0 Å². The van der Waals surface area contributed by atoms with Gasteiger partial charge in [-0.1, -0.05) is 38.5 Å². The fourth-order valence-corrected chi connectivity index (χ4v) is 2.28. The van der Waals surface area contributed by atoms with Gasteiger partial charge in [-0.3, -0.25) is 4.79 Å². The molecule has 0 aliphatic carbocycles. The number of rotatable bonds is 7. The van der Waals surface area contributed by atoms with Crippen molar-refractivity contribution in [2.24, 2.45) is 11.7 Å². The quantitative estimate of drug-likeness (QED) is 0.840. The second-order valence-electron chi connectivity index (χ2n) is 5.73. The summed E-state index contributed by atoms with van der Waals surface area (Å²) in [6.45, 7) is 6.10. The Hall–Kier alpha value is -1.55. The lowest BCUT2D eigenvalue weighted by atomic mass is 9.97. The lowest BCUT2D eigenvalue weighted by Crippen LogP contribution is -2.49. The van der Waals surface area contributed by atoms with Crippen LogP contribution in [0.5, 0.6) is 5.75 Å². The molecule has 4 heteroatoms. The number of hydrogen-bond donors (Lipinski definition) is 1. The smallest absolute Gasteiger partial charge is 0.239 e. The summed E-state index contributed by atoms with van der Waals surface area (Å²) in [4.78, 5) is 14.2. The number of benzene rings is 1. The Morgan fingerprint density at radius 1 is 1.33 bits per heavy atom. The molecule has 4 nitrogen and oxygen atoms in total. The molecule has 2 N–H and O–H groups in total. The fourth-order valence-electron chi connectivity index (χ4n) is 2.28. The van der Waals surface area contributed by atoms with Crippen molar-refractivity contribution in [3.8, 4) is 5.75 Å². The Kier molecular flexibility index (Phi) is 6.69. The van der Waals surface area contributed by atoms with Gasteiger partial charge < -0.3 is 15.4 Å². The minimum atomic E-state index is -0.430. The summed E-state index contributed by atoms with van der Waals surface area (Å²) in [6.07, 6.45) is 1.65. The third kappa shape index (κ3) is 4.46. The van der Waals surface area contributed by atoms with E-state index in [4.69, 9.17) is 10.5 Å². The van der Waals surface area contributed by atoms with Crippen LogP contribution in [0.25, 0.3) is 0 Å². The molecule has 0 aliphatic heterocycles. The monoisotopic (exact) mass is 292 g/mol. The van der Waals surface area contributed by atoms with Crippen molar-refractivity contribution in [1.29, 1.82) is 0 Å². The zero-order valence-electron chi connectivity index (χ0n) is 13.8. The molecular formula is C17H28N2O2. The van der Waals surface area contributed by atoms with Crippen molar-refractivity contribution in [3.05, 3.63) is 29.8 Å². The van der Waals surface area contributed by atoms with E-state index in [9.17, 15) is 4.79 Å². The molecule has 21 heavy (non-hydrogen) atoms. The maximum atomic E-state index is 12.4. The first-order valence-corrected chi connectivity index (χ1v) is 7.56. The number of ether oxygens (including phenoxy) is 1. The van der Waals surface area contributed by atoms with Crippen molar-refractivity contribution in [2.45, 2.75) is 45.7 Å². The van der Waals surface area contributed by atoms with E-state index in [1.807, 2.05) is 45.2 Å². The molecule has 0 fully saturated rings. The first-order valence-electron chi connectivity index (χ1n) is 7.56. The highest BCUT2D eigenvalue weighted by Gasteiger charge is 2.25. The Morgan fingerprint density at radius 2 is 1.95 bits per heavy atom. The molecule has 1 rings (SSSR count). The van der Waals surface area contributed by atoms with E-state index in [1.165, 1.54) is 0 Å². The van der Waals surface area contributed by atoms with Crippen molar-refractivity contribution < 1.29 is 9.53 Å². The predicted molar refractivity (Wildman–Crippen MR) is 86.4 cm³/mol. The summed E-state index contributed by atoms with van der Waals surface area (Å²) < 4.78 is 5.36. The maximum Gasteiger partial charge on any atom is 0.239 e. The van der Waals surface area contributed by atoms with Crippen LogP contribution in [0, 0.1) is 5.92 Å². The van der Waals surface area contributed by atoms with Crippen molar-refractivity contribution in [2.75, 3.05) is 14.2 Å². The number of nitrogens with zero attached hydrogens (tertiary/aromatic N) is 1. The number of nitrogens with two attached hydrogens (primary N) is 1. The molecule has 0 bridgehead atoms. The number of methoxy groups -OCH3 is 1. The van der Waals surface area contributed by atoms with Crippen LogP contribution in [-0.2, 0) is 11.2 Å². The zero-order chi connectivity index (χ0) is 16.0. The third-order valence-electron chi connectivity index (χ3n) is 4.26. The molecule has 0 saturated carbocycles. The van der Waals surface area contributed by atoms with E-state index in [1.54, 1.807) is 12.0 Å². The Balaban J connectivity index is 2.74. The number of amides is 1. The lowest BCUT2D eigenvalue weighted by Gasteiger charge is -2.30. The molecule has 0 heterocycles. The van der Waals surface area contributed by atoms with Crippen LogP contribution in [-0.4, -0.2) is 37.0 Å². The van der Waals surface area contributed by atoms with Crippen molar-refractivity contribution in [3.63, 3.8) is 0 Å². The highest BCUT2D eigenvalue weighted by Crippen LogP contribution is 2.20. The lowest BCUT2D eigenvalue weighted by molar-refractivity contribution is -0.134. The van der Waals surface area contributed by atoms with Gasteiger partial charge in [-0.25, -0.2) is 0 Å². The molecule has 0 aromatic heterocycles. The second kappa shape index (κ2) is 8.03. The van der Waals surface area contributed by atoms with Crippen LogP contribution in [0.4, 0.5) is 0 Å². The molecule has 3 unspecified atom stereocenters. The second-order valence-corrected chi connectivity index (χ2v) is 5.73. The molecule has 118 valence electrons. The first-order chi connectivity index (χ1) is 9.92. The van der Waals surface area contributed by atoms with Gasteiger partial charge in [0.15, 0.2) is 0 Å². The normalized spacial score (nSPS) is 15.1. The zero-order valence-corrected chi connectivity index (χ0v) is 13.8. The molecule has 1 aromatic carbocycles. The van der Waals surface area contributed by atoms with Crippen molar-refractivity contribution >= 4 is 5.91 Å². The van der Waals surface area contributed by atoms with E-state index in [0.717, 1.165) is 24.2 Å². The largest absolute Gasteiger partial charge is 0.496 e. The average molecular weight is 292 g/mol. The fraction of sp³-hybridized carbons (Fsp3) is 0.588. The minimum absolute atomic E-state index is 0.00625. The number of carbonyl (C=O) groups is 1. The topological polar surface area (TPSA) is 55.6 Å². The Bertz CT molecular complexity index is 462. The van der Waals surface area contributed by atoms with Gasteiger partial charge in [0, 0.05) is 13.1 Å². The van der Waals surface area contributed by atoms with Crippen molar-refractivity contribution in [1.82, 2.24) is 4.90 Å². The molecular weight excluding hydrogens is 264 g/mol. The van der Waals surface area contributed by atoms with E-state index in [0.29, 0.717) is 0 Å². The molecule has 0 spiro atoms. The minimum Gasteiger partial charge on any atom is -0.496 e. The average Bonchev–Trinajstić information content (AvgIpc) is 2.52. The highest BCUT2D eigenvalue weighted by molar-refractivity contribution is 5.82. The summed E-state index contributed by atoms with van der Waals surface area (Å²) in [5.41, 5.74) is 7.14. The standard InChI is InChI=1S/C17H28N2O2/c1-6-12(2)16(18)17(20)19(4)13(3)11-14-9-7-8-10-15(14)21-5/h7-10,12-13,16H,6,11,18H2,1-5H3. The van der Waals surface area contributed by atoms with Gasteiger partial charge >= 0.3 is 0 Å². The Morgan fingerprint density at radius 3 is 2.52 bits per heavy atom. The summed E-state index contributed by atoms with van der Waals surface area (Å²) >= 11 is 0. The predicted octanol–water partition coefficient (Wildman–Crippen LogP) is 2.46. The Labute approximate surface area is 128 Å². The van der Waals surface area contributed by atoms with E-state index < -0.39 is 6.04 Å². The van der Waals surface area contributed by atoms with E-state index in [2.05, 4.69) is 6.92 Å². The number of hydrogen-bond acceptors (Lipinski definition) is 3. The first kappa shape index (κ1) is 17.5. The SMILES string of the molecule is CCC(C)C(N)C(=O)N(C)C(C)Cc1ccccc1OC. The molecule has 0 saturated heterocycles. The van der Waals surface area contributed by atoms with Gasteiger partial charge in [0.1, 0.15) is 5.75 Å². The number of para-hydroxylation sites is 1. The van der Waals surface area contributed by atoms with Gasteiger partial charge in [0.25, 0.3) is 0 Å². The molecule has 1 aromatic rings. The number of carbonyl (C=O) groups excluding carboxylic acids is 1. The van der Waals surface area contributed by atoms with Gasteiger partial charge in [-0.05, 0) is 30.9 Å². The summed E-state index contributed by atoms with van der Waals surface area (Å²) in [5, 5.41) is 0. The maximum absolute atomic E-state index is 12.4. The van der Waals surface area contributed by atoms with Gasteiger partial charge in [0.2, 0.25) is 5.91 Å². The van der Waals surface area contributed by atoms with Crippen LogP contribution in [0.2, 0.25) is 0 Å². The van der Waals surface area contributed by atoms with Gasteiger partial charge in [-0.2, -0.15) is 0 Å². The molecule has 0 radical (unpaired) electrons. The summed E-state index contributed by atoms with van der Waals surface area (Å²) in [7, 11) is 3.49. The molecule has 0 aliphatic rings. The van der Waals surface area contributed by atoms with E-state index >= 15 is 0 Å². The molecule has 3 atom stereocenters. The summed E-state index contributed by atoms with van der Waals surface area (Å²) in [5.74, 6) is 1.06. The van der Waals surface area contributed by atoms with E-state index in [-0.39, 0.29) is 17.9 Å². The summed E-state index contributed by atoms with van der Waals surface area (Å²) in [6, 6.07) is 7.54. The molecule has 1 amide bonds. The van der Waals surface area contributed by atoms with Gasteiger partial charge in [-0.15, -0.1) is 0 Å².